The van der Waals surface area contributed by atoms with E-state index in [1.165, 1.54) is 12.6 Å². The molecule has 1 aromatic heterocycles. The van der Waals surface area contributed by atoms with Crippen LogP contribution in [0.1, 0.15) is 25.0 Å². The minimum absolute atomic E-state index is 0.00917. The summed E-state index contributed by atoms with van der Waals surface area (Å²) in [5, 5.41) is 4.09. The molecule has 0 N–H and O–H groups in total. The third-order valence-corrected chi connectivity index (χ3v) is 7.78. The molecule has 2 saturated heterocycles. The average molecular weight is 311 g/mol. The Labute approximate surface area is 125 Å². The van der Waals surface area contributed by atoms with E-state index in [4.69, 9.17) is 4.74 Å². The van der Waals surface area contributed by atoms with Crippen LogP contribution < -0.4 is 0 Å². The lowest BCUT2D eigenvalue weighted by molar-refractivity contribution is 0.0601. The third-order valence-electron chi connectivity index (χ3n) is 5.80. The molecule has 6 nitrogen and oxygen atoms in total. The van der Waals surface area contributed by atoms with E-state index in [0.29, 0.717) is 36.3 Å². The highest BCUT2D eigenvalue weighted by Gasteiger charge is 2.60. The minimum Gasteiger partial charge on any atom is -0.379 e. The molecule has 2 aliphatic heterocycles. The van der Waals surface area contributed by atoms with Gasteiger partial charge in [0.15, 0.2) is 0 Å². The van der Waals surface area contributed by atoms with Gasteiger partial charge in [0, 0.05) is 19.5 Å². The van der Waals surface area contributed by atoms with Gasteiger partial charge >= 0.3 is 0 Å². The summed E-state index contributed by atoms with van der Waals surface area (Å²) in [7, 11) is -1.71. The molecule has 0 bridgehead atoms. The van der Waals surface area contributed by atoms with E-state index in [-0.39, 0.29) is 11.5 Å². The fraction of sp³-hybridized carbons (Fsp3) is 0.786. The molecule has 0 unspecified atom stereocenters. The van der Waals surface area contributed by atoms with E-state index in [9.17, 15) is 8.42 Å². The number of nitrogens with zero attached hydrogens (tertiary/aromatic N) is 3. The number of sulfonamides is 1. The zero-order valence-corrected chi connectivity index (χ0v) is 13.3. The van der Waals surface area contributed by atoms with Crippen LogP contribution in [0.3, 0.4) is 0 Å². The number of fused-ring (bicyclic) bond motifs is 2. The Morgan fingerprint density at radius 2 is 2.14 bits per heavy atom. The Morgan fingerprint density at radius 1 is 1.38 bits per heavy atom. The standard InChI is InChI=1S/C14H21N3O3S/c1-10-13(6-15-16(10)2)21(18,19)17-9-14(4-3-5-14)11-7-20-8-12(11)17/h6,11-12H,3-5,7-9H2,1-2H3/t11-,12-/m0/s1. The Kier molecular flexibility index (Phi) is 2.81. The predicted molar refractivity (Wildman–Crippen MR) is 76.2 cm³/mol. The number of aromatic nitrogens is 2. The van der Waals surface area contributed by atoms with Gasteiger partial charge in [0.25, 0.3) is 0 Å². The van der Waals surface area contributed by atoms with Crippen LogP contribution in [0.15, 0.2) is 11.1 Å². The fourth-order valence-corrected chi connectivity index (χ4v) is 6.17. The maximum absolute atomic E-state index is 13.1. The quantitative estimate of drug-likeness (QED) is 0.814. The van der Waals surface area contributed by atoms with Crippen LogP contribution in [-0.2, 0) is 21.8 Å². The lowest BCUT2D eigenvalue weighted by atomic mass is 9.62. The van der Waals surface area contributed by atoms with E-state index < -0.39 is 10.0 Å². The average Bonchev–Trinajstić information content (AvgIpc) is 3.03. The van der Waals surface area contributed by atoms with Crippen molar-refractivity contribution in [3.05, 3.63) is 11.9 Å². The molecule has 0 amide bonds. The van der Waals surface area contributed by atoms with Gasteiger partial charge in [0.05, 0.1) is 31.1 Å². The van der Waals surface area contributed by atoms with Crippen LogP contribution in [0, 0.1) is 18.3 Å². The Hall–Kier alpha value is -0.920. The second-order valence-corrected chi connectivity index (χ2v) is 8.55. The van der Waals surface area contributed by atoms with Gasteiger partial charge in [-0.05, 0) is 25.2 Å². The molecule has 3 aliphatic rings. The van der Waals surface area contributed by atoms with E-state index in [2.05, 4.69) is 5.10 Å². The van der Waals surface area contributed by atoms with Crippen molar-refractivity contribution in [2.75, 3.05) is 19.8 Å². The summed E-state index contributed by atoms with van der Waals surface area (Å²) in [4.78, 5) is 0.340. The van der Waals surface area contributed by atoms with E-state index in [0.717, 1.165) is 12.8 Å². The molecule has 7 heteroatoms. The predicted octanol–water partition coefficient (Wildman–Crippen LogP) is 0.918. The molecule has 1 aromatic rings. The molecular weight excluding hydrogens is 290 g/mol. The monoisotopic (exact) mass is 311 g/mol. The molecule has 116 valence electrons. The smallest absolute Gasteiger partial charge is 0.246 e. The van der Waals surface area contributed by atoms with Crippen LogP contribution in [-0.4, -0.2) is 48.3 Å². The molecule has 3 fully saturated rings. The number of hydrogen-bond acceptors (Lipinski definition) is 4. The SMILES string of the molecule is Cc1c(S(=O)(=O)N2CC3(CCC3)[C@H]3COC[C@@H]32)cnn1C. The first-order chi connectivity index (χ1) is 9.96. The van der Waals surface area contributed by atoms with Crippen molar-refractivity contribution < 1.29 is 13.2 Å². The highest BCUT2D eigenvalue weighted by Crippen LogP contribution is 2.56. The Morgan fingerprint density at radius 3 is 2.71 bits per heavy atom. The first-order valence-electron chi connectivity index (χ1n) is 7.54. The molecule has 21 heavy (non-hydrogen) atoms. The first-order valence-corrected chi connectivity index (χ1v) is 8.98. The normalized spacial score (nSPS) is 31.5. The number of aryl methyl sites for hydroxylation is 1. The van der Waals surface area contributed by atoms with Gasteiger partial charge in [0.1, 0.15) is 4.90 Å². The van der Waals surface area contributed by atoms with Crippen molar-refractivity contribution >= 4 is 10.0 Å². The van der Waals surface area contributed by atoms with Gasteiger partial charge in [-0.25, -0.2) is 8.42 Å². The molecule has 0 aromatic carbocycles. The van der Waals surface area contributed by atoms with Crippen LogP contribution in [0.25, 0.3) is 0 Å². The lowest BCUT2D eigenvalue weighted by Gasteiger charge is -2.42. The van der Waals surface area contributed by atoms with Gasteiger partial charge in [-0.3, -0.25) is 4.68 Å². The summed E-state index contributed by atoms with van der Waals surface area (Å²) in [5.74, 6) is 0.373. The van der Waals surface area contributed by atoms with Crippen molar-refractivity contribution in [3.63, 3.8) is 0 Å². The second-order valence-electron chi connectivity index (χ2n) is 6.70. The van der Waals surface area contributed by atoms with Gasteiger partial charge in [-0.15, -0.1) is 0 Å². The Balaban J connectivity index is 1.74. The molecule has 3 heterocycles. The highest BCUT2D eigenvalue weighted by atomic mass is 32.2. The number of ether oxygens (including phenoxy) is 1. The first kappa shape index (κ1) is 13.7. The largest absolute Gasteiger partial charge is 0.379 e. The topological polar surface area (TPSA) is 64.4 Å². The zero-order valence-electron chi connectivity index (χ0n) is 12.4. The maximum Gasteiger partial charge on any atom is 0.246 e. The summed E-state index contributed by atoms with van der Waals surface area (Å²) in [6, 6.07) is 0.00917. The van der Waals surface area contributed by atoms with Gasteiger partial charge in [-0.2, -0.15) is 9.40 Å². The highest BCUT2D eigenvalue weighted by molar-refractivity contribution is 7.89. The van der Waals surface area contributed by atoms with Gasteiger partial charge in [0.2, 0.25) is 10.0 Å². The van der Waals surface area contributed by atoms with Crippen molar-refractivity contribution in [3.8, 4) is 0 Å². The number of rotatable bonds is 2. The molecule has 2 atom stereocenters. The van der Waals surface area contributed by atoms with E-state index in [1.54, 1.807) is 23.0 Å². The van der Waals surface area contributed by atoms with Crippen LogP contribution in [0.2, 0.25) is 0 Å². The maximum atomic E-state index is 13.1. The summed E-state index contributed by atoms with van der Waals surface area (Å²) < 4.78 is 35.0. The van der Waals surface area contributed by atoms with Crippen molar-refractivity contribution in [1.29, 1.82) is 0 Å². The van der Waals surface area contributed by atoms with Crippen LogP contribution >= 0.6 is 0 Å². The van der Waals surface area contributed by atoms with Gasteiger partial charge in [-0.1, -0.05) is 6.42 Å². The van der Waals surface area contributed by atoms with Crippen molar-refractivity contribution in [1.82, 2.24) is 14.1 Å². The summed E-state index contributed by atoms with van der Waals surface area (Å²) in [6.07, 6.45) is 4.95. The lowest BCUT2D eigenvalue weighted by Crippen LogP contribution is -2.39. The molecular formula is C14H21N3O3S. The second kappa shape index (κ2) is 4.30. The number of hydrogen-bond donors (Lipinski definition) is 0. The summed E-state index contributed by atoms with van der Waals surface area (Å²) in [5.41, 5.74) is 0.865. The fourth-order valence-electron chi connectivity index (χ4n) is 4.24. The van der Waals surface area contributed by atoms with Crippen molar-refractivity contribution in [2.45, 2.75) is 37.1 Å². The Bertz CT molecular complexity index is 678. The molecule has 1 aliphatic carbocycles. The van der Waals surface area contributed by atoms with Crippen molar-refractivity contribution in [2.24, 2.45) is 18.4 Å². The van der Waals surface area contributed by atoms with E-state index >= 15 is 0 Å². The minimum atomic E-state index is -3.48. The molecule has 1 spiro atoms. The van der Waals surface area contributed by atoms with Gasteiger partial charge < -0.3 is 4.74 Å². The van der Waals surface area contributed by atoms with Crippen LogP contribution in [0.5, 0.6) is 0 Å². The van der Waals surface area contributed by atoms with Crippen LogP contribution in [0.4, 0.5) is 0 Å². The zero-order chi connectivity index (χ0) is 14.8. The molecule has 0 radical (unpaired) electrons. The third kappa shape index (κ3) is 1.71. The molecule has 1 saturated carbocycles. The summed E-state index contributed by atoms with van der Waals surface area (Å²) >= 11 is 0. The molecule has 4 rings (SSSR count). The van der Waals surface area contributed by atoms with E-state index in [1.807, 2.05) is 0 Å². The summed E-state index contributed by atoms with van der Waals surface area (Å²) in [6.45, 7) is 3.70.